The van der Waals surface area contributed by atoms with Crippen molar-refractivity contribution in [3.63, 3.8) is 0 Å². The summed E-state index contributed by atoms with van der Waals surface area (Å²) in [4.78, 5) is 11.3. The zero-order valence-electron chi connectivity index (χ0n) is 13.7. The lowest BCUT2D eigenvalue weighted by molar-refractivity contribution is -0.121. The number of carbonyl (C=O) groups is 1. The predicted octanol–water partition coefficient (Wildman–Crippen LogP) is 5.16. The molecule has 0 aromatic carbocycles. The first-order valence-corrected chi connectivity index (χ1v) is 8.31. The van der Waals surface area contributed by atoms with Crippen LogP contribution in [0, 0.1) is 11.8 Å². The second-order valence-electron chi connectivity index (χ2n) is 5.81. The average Bonchev–Trinajstić information content (AvgIpc) is 2.46. The van der Waals surface area contributed by atoms with Crippen molar-refractivity contribution in [2.45, 2.75) is 64.7 Å². The fourth-order valence-corrected chi connectivity index (χ4v) is 2.51. The number of carbonyl (C=O) groups excluding carboxylic acids is 1. The molecule has 0 aromatic heterocycles. The van der Waals surface area contributed by atoms with Crippen LogP contribution in [0.1, 0.15) is 64.7 Å². The lowest BCUT2D eigenvalue weighted by Crippen LogP contribution is -2.22. The first-order valence-electron chi connectivity index (χ1n) is 8.31. The van der Waals surface area contributed by atoms with E-state index in [0.29, 0.717) is 12.3 Å². The predicted molar refractivity (Wildman–Crippen MR) is 92.9 cm³/mol. The number of unbranched alkanes of at least 4 members (excludes halogenated alkanes) is 3. The molecule has 21 heavy (non-hydrogen) atoms. The largest absolute Gasteiger partial charge is 0.369 e. The molecule has 0 saturated carbocycles. The molecule has 0 aromatic rings. The standard InChI is InChI=1S/C19H33NO/c1-4-7-8-9-14-17(12-5-2)15-10-11-16-18(13-6-3)19(20)21/h5-6,10-11,17-18H,2-4,7-9,12-16H2,1H3,(H2,20,21)/b11-10+. The van der Waals surface area contributed by atoms with Crippen molar-refractivity contribution < 1.29 is 4.79 Å². The number of rotatable bonds is 14. The van der Waals surface area contributed by atoms with Crippen LogP contribution >= 0.6 is 0 Å². The van der Waals surface area contributed by atoms with E-state index in [9.17, 15) is 4.79 Å². The van der Waals surface area contributed by atoms with E-state index in [1.807, 2.05) is 6.08 Å². The zero-order chi connectivity index (χ0) is 15.9. The molecule has 0 spiro atoms. The van der Waals surface area contributed by atoms with Gasteiger partial charge in [-0.3, -0.25) is 4.79 Å². The Morgan fingerprint density at radius 3 is 2.24 bits per heavy atom. The van der Waals surface area contributed by atoms with Crippen LogP contribution < -0.4 is 5.73 Å². The fraction of sp³-hybridized carbons (Fsp3) is 0.632. The molecule has 2 nitrogen and oxygen atoms in total. The molecule has 0 rings (SSSR count). The number of amides is 1. The Kier molecular flexibility index (Phi) is 12.8. The highest BCUT2D eigenvalue weighted by Crippen LogP contribution is 2.19. The summed E-state index contributed by atoms with van der Waals surface area (Å²) in [5, 5.41) is 0. The van der Waals surface area contributed by atoms with Crippen LogP contribution in [0.2, 0.25) is 0 Å². The molecule has 0 heterocycles. The Labute approximate surface area is 131 Å². The number of hydrogen-bond donors (Lipinski definition) is 1. The SMILES string of the molecule is C=CCC(C/C=C/CC(CC=C)C(N)=O)CCCCCC. The normalized spacial score (nSPS) is 14.0. The molecule has 0 radical (unpaired) electrons. The van der Waals surface area contributed by atoms with Crippen LogP contribution in [-0.2, 0) is 4.79 Å². The van der Waals surface area contributed by atoms with E-state index in [0.717, 1.165) is 19.3 Å². The summed E-state index contributed by atoms with van der Waals surface area (Å²) >= 11 is 0. The first-order chi connectivity index (χ1) is 10.2. The monoisotopic (exact) mass is 291 g/mol. The van der Waals surface area contributed by atoms with Gasteiger partial charge in [-0.15, -0.1) is 13.2 Å². The third-order valence-corrected chi connectivity index (χ3v) is 3.88. The van der Waals surface area contributed by atoms with Crippen molar-refractivity contribution in [2.75, 3.05) is 0 Å². The summed E-state index contributed by atoms with van der Waals surface area (Å²) in [7, 11) is 0. The molecule has 0 aliphatic carbocycles. The van der Waals surface area contributed by atoms with E-state index in [4.69, 9.17) is 5.73 Å². The van der Waals surface area contributed by atoms with E-state index in [2.05, 4.69) is 32.2 Å². The highest BCUT2D eigenvalue weighted by Gasteiger charge is 2.11. The molecule has 120 valence electrons. The molecular formula is C19H33NO. The van der Waals surface area contributed by atoms with Gasteiger partial charge < -0.3 is 5.73 Å². The minimum absolute atomic E-state index is 0.110. The highest BCUT2D eigenvalue weighted by molar-refractivity contribution is 5.76. The van der Waals surface area contributed by atoms with E-state index in [1.54, 1.807) is 6.08 Å². The van der Waals surface area contributed by atoms with Gasteiger partial charge in [-0.2, -0.15) is 0 Å². The van der Waals surface area contributed by atoms with Gasteiger partial charge in [0.2, 0.25) is 5.91 Å². The smallest absolute Gasteiger partial charge is 0.221 e. The maximum atomic E-state index is 11.3. The van der Waals surface area contributed by atoms with Crippen molar-refractivity contribution in [3.05, 3.63) is 37.5 Å². The van der Waals surface area contributed by atoms with Crippen LogP contribution in [-0.4, -0.2) is 5.91 Å². The Hall–Kier alpha value is -1.31. The van der Waals surface area contributed by atoms with Crippen LogP contribution in [0.4, 0.5) is 0 Å². The number of nitrogens with two attached hydrogens (primary N) is 1. The quantitative estimate of drug-likeness (QED) is 0.348. The van der Waals surface area contributed by atoms with Gasteiger partial charge in [0.15, 0.2) is 0 Å². The Morgan fingerprint density at radius 1 is 1.00 bits per heavy atom. The number of primary amides is 1. The van der Waals surface area contributed by atoms with Gasteiger partial charge in [0, 0.05) is 5.92 Å². The van der Waals surface area contributed by atoms with Gasteiger partial charge in [0.25, 0.3) is 0 Å². The van der Waals surface area contributed by atoms with Crippen molar-refractivity contribution >= 4 is 5.91 Å². The molecule has 2 atom stereocenters. The summed E-state index contributed by atoms with van der Waals surface area (Å²) < 4.78 is 0. The third-order valence-electron chi connectivity index (χ3n) is 3.88. The molecule has 1 amide bonds. The van der Waals surface area contributed by atoms with Gasteiger partial charge in [0.05, 0.1) is 0 Å². The van der Waals surface area contributed by atoms with E-state index >= 15 is 0 Å². The molecule has 0 aliphatic rings. The third kappa shape index (κ3) is 11.1. The molecular weight excluding hydrogens is 258 g/mol. The van der Waals surface area contributed by atoms with Crippen LogP contribution in [0.5, 0.6) is 0 Å². The minimum Gasteiger partial charge on any atom is -0.369 e. The van der Waals surface area contributed by atoms with Crippen LogP contribution in [0.25, 0.3) is 0 Å². The number of allylic oxidation sites excluding steroid dienone is 4. The molecule has 0 aliphatic heterocycles. The molecule has 0 saturated heterocycles. The second kappa shape index (κ2) is 13.7. The summed E-state index contributed by atoms with van der Waals surface area (Å²) in [6, 6.07) is 0. The molecule has 0 bridgehead atoms. The Balaban J connectivity index is 4.08. The lowest BCUT2D eigenvalue weighted by atomic mass is 9.93. The maximum Gasteiger partial charge on any atom is 0.221 e. The fourth-order valence-electron chi connectivity index (χ4n) is 2.51. The number of hydrogen-bond acceptors (Lipinski definition) is 1. The Bertz CT molecular complexity index is 320. The maximum absolute atomic E-state index is 11.3. The van der Waals surface area contributed by atoms with E-state index < -0.39 is 0 Å². The van der Waals surface area contributed by atoms with Gasteiger partial charge in [-0.25, -0.2) is 0 Å². The van der Waals surface area contributed by atoms with Crippen molar-refractivity contribution in [1.29, 1.82) is 0 Å². The topological polar surface area (TPSA) is 43.1 Å². The average molecular weight is 291 g/mol. The van der Waals surface area contributed by atoms with Crippen molar-refractivity contribution in [1.82, 2.24) is 0 Å². The van der Waals surface area contributed by atoms with Gasteiger partial charge in [-0.05, 0) is 38.0 Å². The highest BCUT2D eigenvalue weighted by atomic mass is 16.1. The molecule has 2 N–H and O–H groups in total. The lowest BCUT2D eigenvalue weighted by Gasteiger charge is -2.13. The second-order valence-corrected chi connectivity index (χ2v) is 5.81. The van der Waals surface area contributed by atoms with Gasteiger partial charge in [0.1, 0.15) is 0 Å². The summed E-state index contributed by atoms with van der Waals surface area (Å²) in [5.41, 5.74) is 5.37. The molecule has 2 unspecified atom stereocenters. The van der Waals surface area contributed by atoms with Crippen LogP contribution in [0.15, 0.2) is 37.5 Å². The molecule has 2 heteroatoms. The molecule has 0 fully saturated rings. The Morgan fingerprint density at radius 2 is 1.67 bits per heavy atom. The van der Waals surface area contributed by atoms with E-state index in [-0.39, 0.29) is 11.8 Å². The summed E-state index contributed by atoms with van der Waals surface area (Å²) in [6.45, 7) is 9.76. The van der Waals surface area contributed by atoms with Crippen LogP contribution in [0.3, 0.4) is 0 Å². The minimum atomic E-state index is -0.234. The summed E-state index contributed by atoms with van der Waals surface area (Å²) in [6.07, 6.45) is 18.1. The van der Waals surface area contributed by atoms with E-state index in [1.165, 1.54) is 32.1 Å². The van der Waals surface area contributed by atoms with Crippen molar-refractivity contribution in [3.8, 4) is 0 Å². The first kappa shape index (κ1) is 19.7. The van der Waals surface area contributed by atoms with Crippen molar-refractivity contribution in [2.24, 2.45) is 17.6 Å². The van der Waals surface area contributed by atoms with Gasteiger partial charge in [-0.1, -0.05) is 56.9 Å². The zero-order valence-corrected chi connectivity index (χ0v) is 13.7. The van der Waals surface area contributed by atoms with Gasteiger partial charge >= 0.3 is 0 Å². The summed E-state index contributed by atoms with van der Waals surface area (Å²) in [5.74, 6) is 0.338.